The van der Waals surface area contributed by atoms with Crippen LogP contribution in [0.2, 0.25) is 0 Å². The molecule has 1 aromatic rings. The summed E-state index contributed by atoms with van der Waals surface area (Å²) in [6.45, 7) is 4.05. The van der Waals surface area contributed by atoms with Crippen LogP contribution < -0.4 is 5.32 Å². The third kappa shape index (κ3) is 2.16. The molecular formula is C14H19NO2. The number of nitrogens with one attached hydrogen (secondary N) is 1. The first kappa shape index (κ1) is 11.0. The first-order valence-electron chi connectivity index (χ1n) is 6.53. The monoisotopic (exact) mass is 233 g/mol. The zero-order valence-electron chi connectivity index (χ0n) is 10.2. The summed E-state index contributed by atoms with van der Waals surface area (Å²) in [5.74, 6) is 3.16. The number of furan rings is 1. The average molecular weight is 233 g/mol. The van der Waals surface area contributed by atoms with Gasteiger partial charge in [0.2, 0.25) is 5.78 Å². The first-order valence-corrected chi connectivity index (χ1v) is 6.53. The van der Waals surface area contributed by atoms with Crippen LogP contribution in [0.1, 0.15) is 35.6 Å². The molecule has 1 aliphatic heterocycles. The number of rotatable bonds is 2. The molecule has 92 valence electrons. The van der Waals surface area contributed by atoms with Gasteiger partial charge < -0.3 is 9.73 Å². The molecule has 0 amide bonds. The summed E-state index contributed by atoms with van der Waals surface area (Å²) in [7, 11) is 0. The second-order valence-electron chi connectivity index (χ2n) is 5.57. The lowest BCUT2D eigenvalue weighted by Gasteiger charge is -2.38. The molecule has 2 aliphatic rings. The fourth-order valence-corrected chi connectivity index (χ4v) is 3.37. The van der Waals surface area contributed by atoms with Crippen molar-refractivity contribution in [2.24, 2.45) is 17.8 Å². The number of ketones is 1. The minimum Gasteiger partial charge on any atom is -0.458 e. The number of carbonyl (C=O) groups is 1. The molecule has 0 radical (unpaired) electrons. The van der Waals surface area contributed by atoms with Gasteiger partial charge in [-0.3, -0.25) is 4.79 Å². The Balaban J connectivity index is 1.74. The van der Waals surface area contributed by atoms with Crippen LogP contribution in [-0.2, 0) is 0 Å². The van der Waals surface area contributed by atoms with E-state index in [0.717, 1.165) is 31.7 Å². The van der Waals surface area contributed by atoms with Gasteiger partial charge in [-0.1, -0.05) is 0 Å². The van der Waals surface area contributed by atoms with Crippen LogP contribution in [0, 0.1) is 24.7 Å². The quantitative estimate of drug-likeness (QED) is 0.798. The summed E-state index contributed by atoms with van der Waals surface area (Å²) < 4.78 is 5.46. The van der Waals surface area contributed by atoms with E-state index in [-0.39, 0.29) is 11.7 Å². The van der Waals surface area contributed by atoms with Crippen molar-refractivity contribution in [1.29, 1.82) is 0 Å². The zero-order valence-corrected chi connectivity index (χ0v) is 10.2. The summed E-state index contributed by atoms with van der Waals surface area (Å²) >= 11 is 0. The Labute approximate surface area is 102 Å². The van der Waals surface area contributed by atoms with E-state index in [1.54, 1.807) is 0 Å². The van der Waals surface area contributed by atoms with Crippen molar-refractivity contribution in [3.8, 4) is 0 Å². The summed E-state index contributed by atoms with van der Waals surface area (Å²) in [6.07, 6.45) is 3.36. The Morgan fingerprint density at radius 2 is 1.94 bits per heavy atom. The number of fused-ring (bicyclic) bond motifs is 2. The maximum atomic E-state index is 12.3. The Bertz CT molecular complexity index is 412. The van der Waals surface area contributed by atoms with Crippen LogP contribution in [0.15, 0.2) is 16.5 Å². The van der Waals surface area contributed by atoms with E-state index in [4.69, 9.17) is 4.42 Å². The van der Waals surface area contributed by atoms with Crippen molar-refractivity contribution in [2.45, 2.75) is 26.2 Å². The number of carbonyl (C=O) groups excluding carboxylic acids is 1. The van der Waals surface area contributed by atoms with E-state index in [1.807, 2.05) is 19.1 Å². The van der Waals surface area contributed by atoms with Crippen LogP contribution in [0.25, 0.3) is 0 Å². The lowest BCUT2D eigenvalue weighted by Crippen LogP contribution is -2.43. The number of Topliss-reactive ketones (excluding diaryl/α,β-unsaturated/α-hetero) is 1. The maximum absolute atomic E-state index is 12.3. The van der Waals surface area contributed by atoms with Gasteiger partial charge in [-0.15, -0.1) is 0 Å². The number of piperidine rings is 1. The number of aryl methyl sites for hydroxylation is 1. The van der Waals surface area contributed by atoms with Gasteiger partial charge in [-0.25, -0.2) is 0 Å². The van der Waals surface area contributed by atoms with E-state index in [1.165, 1.54) is 6.42 Å². The largest absolute Gasteiger partial charge is 0.458 e. The van der Waals surface area contributed by atoms with Gasteiger partial charge in [0, 0.05) is 5.92 Å². The minimum absolute atomic E-state index is 0.186. The van der Waals surface area contributed by atoms with E-state index < -0.39 is 0 Å². The molecular weight excluding hydrogens is 214 g/mol. The molecule has 2 atom stereocenters. The van der Waals surface area contributed by atoms with E-state index in [2.05, 4.69) is 5.32 Å². The van der Waals surface area contributed by atoms with Gasteiger partial charge in [0.25, 0.3) is 0 Å². The SMILES string of the molecule is Cc1ccc(C(=O)C2CC3CNCC(C3)C2)o1. The van der Waals surface area contributed by atoms with E-state index >= 15 is 0 Å². The normalized spacial score (nSPS) is 32.4. The van der Waals surface area contributed by atoms with Crippen LogP contribution in [0.4, 0.5) is 0 Å². The Kier molecular flexibility index (Phi) is 2.79. The molecule has 3 heteroatoms. The molecule has 3 nitrogen and oxygen atoms in total. The summed E-state index contributed by atoms with van der Waals surface area (Å²) in [6, 6.07) is 3.69. The fraction of sp³-hybridized carbons (Fsp3) is 0.643. The predicted molar refractivity (Wildman–Crippen MR) is 65.0 cm³/mol. The average Bonchev–Trinajstić information content (AvgIpc) is 2.74. The van der Waals surface area contributed by atoms with Gasteiger partial charge in [0.05, 0.1) is 0 Å². The zero-order chi connectivity index (χ0) is 11.8. The Morgan fingerprint density at radius 3 is 2.53 bits per heavy atom. The van der Waals surface area contributed by atoms with Crippen molar-refractivity contribution in [3.63, 3.8) is 0 Å². The lowest BCUT2D eigenvalue weighted by atomic mass is 9.71. The van der Waals surface area contributed by atoms with Gasteiger partial charge in [0.15, 0.2) is 5.76 Å². The fourth-order valence-electron chi connectivity index (χ4n) is 3.37. The van der Waals surface area contributed by atoms with Gasteiger partial charge in [-0.2, -0.15) is 0 Å². The van der Waals surface area contributed by atoms with Gasteiger partial charge in [-0.05, 0) is 63.2 Å². The molecule has 2 bridgehead atoms. The number of hydrogen-bond donors (Lipinski definition) is 1. The van der Waals surface area contributed by atoms with Crippen molar-refractivity contribution < 1.29 is 9.21 Å². The van der Waals surface area contributed by atoms with E-state index in [9.17, 15) is 4.79 Å². The van der Waals surface area contributed by atoms with Crippen molar-refractivity contribution >= 4 is 5.78 Å². The molecule has 3 rings (SSSR count). The van der Waals surface area contributed by atoms with Crippen molar-refractivity contribution in [3.05, 3.63) is 23.7 Å². The van der Waals surface area contributed by atoms with Crippen LogP contribution in [-0.4, -0.2) is 18.9 Å². The van der Waals surface area contributed by atoms with Gasteiger partial charge >= 0.3 is 0 Å². The minimum atomic E-state index is 0.186. The van der Waals surface area contributed by atoms with Gasteiger partial charge in [0.1, 0.15) is 5.76 Å². The highest BCUT2D eigenvalue weighted by atomic mass is 16.3. The first-order chi connectivity index (χ1) is 8.22. The molecule has 1 saturated carbocycles. The highest BCUT2D eigenvalue weighted by Crippen LogP contribution is 2.36. The molecule has 2 heterocycles. The smallest absolute Gasteiger partial charge is 0.201 e. The Morgan fingerprint density at radius 1 is 1.24 bits per heavy atom. The maximum Gasteiger partial charge on any atom is 0.201 e. The summed E-state index contributed by atoms with van der Waals surface area (Å²) in [4.78, 5) is 12.3. The summed E-state index contributed by atoms with van der Waals surface area (Å²) in [5.41, 5.74) is 0. The highest BCUT2D eigenvalue weighted by molar-refractivity contribution is 5.95. The third-order valence-electron chi connectivity index (χ3n) is 4.12. The lowest BCUT2D eigenvalue weighted by molar-refractivity contribution is 0.0752. The molecule has 2 unspecified atom stereocenters. The Hall–Kier alpha value is -1.09. The highest BCUT2D eigenvalue weighted by Gasteiger charge is 2.36. The molecule has 1 aromatic heterocycles. The van der Waals surface area contributed by atoms with Crippen LogP contribution in [0.5, 0.6) is 0 Å². The topological polar surface area (TPSA) is 42.2 Å². The van der Waals surface area contributed by atoms with Crippen LogP contribution >= 0.6 is 0 Å². The molecule has 1 N–H and O–H groups in total. The number of hydrogen-bond acceptors (Lipinski definition) is 3. The molecule has 17 heavy (non-hydrogen) atoms. The molecule has 0 aromatic carbocycles. The molecule has 0 spiro atoms. The molecule has 2 fully saturated rings. The second-order valence-corrected chi connectivity index (χ2v) is 5.57. The van der Waals surface area contributed by atoms with E-state index in [0.29, 0.717) is 17.6 Å². The van der Waals surface area contributed by atoms with Crippen molar-refractivity contribution in [2.75, 3.05) is 13.1 Å². The predicted octanol–water partition coefficient (Wildman–Crippen LogP) is 2.41. The third-order valence-corrected chi connectivity index (χ3v) is 4.12. The molecule has 1 saturated heterocycles. The van der Waals surface area contributed by atoms with Crippen molar-refractivity contribution in [1.82, 2.24) is 5.32 Å². The standard InChI is InChI=1S/C14H19NO2/c1-9-2-3-13(17-9)14(16)12-5-10-4-11(6-12)8-15-7-10/h2-3,10-12,15H,4-8H2,1H3. The summed E-state index contributed by atoms with van der Waals surface area (Å²) in [5, 5.41) is 3.46. The van der Waals surface area contributed by atoms with Crippen LogP contribution in [0.3, 0.4) is 0 Å². The molecule has 1 aliphatic carbocycles. The second kappa shape index (κ2) is 4.30.